The molecule has 0 atom stereocenters. The molecule has 17 heteroatoms. The van der Waals surface area contributed by atoms with E-state index in [9.17, 15) is 25.3 Å². The number of rotatable bonds is 11. The molecule has 6 rings (SSSR count). The van der Waals surface area contributed by atoms with Crippen LogP contribution < -0.4 is 33.8 Å². The van der Waals surface area contributed by atoms with Gasteiger partial charge in [-0.3, -0.25) is 8.97 Å². The molecule has 5 aromatic rings. The largest absolute Gasteiger partial charge is 1.00 e. The van der Waals surface area contributed by atoms with Gasteiger partial charge >= 0.3 is 0 Å². The van der Waals surface area contributed by atoms with Crippen molar-refractivity contribution >= 4 is 60.1 Å². The van der Waals surface area contributed by atoms with Gasteiger partial charge in [-0.1, -0.05) is 60.7 Å². The van der Waals surface area contributed by atoms with Crippen LogP contribution in [-0.4, -0.2) is 105 Å². The summed E-state index contributed by atoms with van der Waals surface area (Å²) in [5, 5.41) is 0. The Hall–Kier alpha value is -5.26. The van der Waals surface area contributed by atoms with Gasteiger partial charge in [0.1, 0.15) is 11.4 Å². The van der Waals surface area contributed by atoms with Crippen LogP contribution in [0, 0.1) is 0 Å². The van der Waals surface area contributed by atoms with Crippen LogP contribution in [0.2, 0.25) is 0 Å². The fraction of sp³-hybridized carbons (Fsp3) is 0.178. The summed E-state index contributed by atoms with van der Waals surface area (Å²) in [6, 6.07) is 39.9. The standard InChI is InChI=1S/2C16H19N2O2S.C13H14N2O2S.2ClH/c2*1-18(2,3)15-11-9-14(10-12-15)13-17-21(19,20)16-7-5-4-6-8-16;1-15-9-5-6-12(11-15)10-14-18(16,17)13-7-3-2-4-8-13;;/h2*4-13H,1-3H3;2-10H,11H2,1H3;2*1H/q2*+1;;;/p-2. The lowest BCUT2D eigenvalue weighted by Crippen LogP contribution is -3.00. The van der Waals surface area contributed by atoms with Crippen molar-refractivity contribution in [3.63, 3.8) is 0 Å². The summed E-state index contributed by atoms with van der Waals surface area (Å²) in [5.74, 6) is 0. The van der Waals surface area contributed by atoms with Crippen molar-refractivity contribution < 1.29 is 50.1 Å². The van der Waals surface area contributed by atoms with E-state index in [0.717, 1.165) is 28.1 Å². The van der Waals surface area contributed by atoms with Gasteiger partial charge in [-0.25, -0.2) is 0 Å². The van der Waals surface area contributed by atoms with E-state index in [-0.39, 0.29) is 39.5 Å². The molecule has 0 aliphatic carbocycles. The molecule has 62 heavy (non-hydrogen) atoms. The molecule has 0 spiro atoms. The molecule has 0 aromatic heterocycles. The van der Waals surface area contributed by atoms with Crippen molar-refractivity contribution in [1.29, 1.82) is 0 Å². The molecule has 0 amide bonds. The summed E-state index contributed by atoms with van der Waals surface area (Å²) in [5.41, 5.74) is 4.65. The lowest BCUT2D eigenvalue weighted by Gasteiger charge is -2.23. The third-order valence-corrected chi connectivity index (χ3v) is 12.3. The molecule has 0 unspecified atom stereocenters. The van der Waals surface area contributed by atoms with Crippen molar-refractivity contribution in [2.45, 2.75) is 14.7 Å². The minimum absolute atomic E-state index is 0. The first-order valence-corrected chi connectivity index (χ1v) is 23.0. The topological polar surface area (TPSA) is 143 Å². The van der Waals surface area contributed by atoms with Gasteiger partial charge in [-0.15, -0.1) is 0 Å². The van der Waals surface area contributed by atoms with Crippen LogP contribution in [-0.2, 0) is 30.1 Å². The minimum atomic E-state index is -3.63. The highest BCUT2D eigenvalue weighted by atomic mass is 35.5. The number of hydrogen-bond acceptors (Lipinski definition) is 7. The van der Waals surface area contributed by atoms with Crippen LogP contribution in [0.4, 0.5) is 11.4 Å². The third kappa shape index (κ3) is 16.9. The highest BCUT2D eigenvalue weighted by Gasteiger charge is 2.15. The summed E-state index contributed by atoms with van der Waals surface area (Å²) < 4.78 is 84.5. The highest BCUT2D eigenvalue weighted by Crippen LogP contribution is 2.19. The first-order valence-electron chi connectivity index (χ1n) is 18.6. The van der Waals surface area contributed by atoms with Crippen LogP contribution in [0.25, 0.3) is 0 Å². The fourth-order valence-electron chi connectivity index (χ4n) is 5.16. The zero-order valence-electron chi connectivity index (χ0n) is 35.6. The molecule has 5 aromatic carbocycles. The molecule has 0 bridgehead atoms. The molecular formula is C45H52Cl2N6O6S3. The molecular weight excluding hydrogens is 888 g/mol. The average Bonchev–Trinajstić information content (AvgIpc) is 3.23. The number of sulfonamides is 3. The SMILES string of the molecule is CN1C=CC=C(C=NS(=O)(=O)c2ccccc2)C1.C[N+](C)(C)c1ccc(C=NS(=O)(=O)c2ccccc2)cc1.C[N+](C)(C)c1ccc(C=NS(=O)(=O)c2ccccc2)cc1.[Cl-].[Cl-]. The van der Waals surface area contributed by atoms with E-state index in [0.29, 0.717) is 15.5 Å². The second-order valence-electron chi connectivity index (χ2n) is 15.3. The molecule has 1 aliphatic rings. The maximum atomic E-state index is 12.0. The highest BCUT2D eigenvalue weighted by molar-refractivity contribution is 7.90. The number of hydrogen-bond donors (Lipinski definition) is 0. The predicted molar refractivity (Wildman–Crippen MR) is 246 cm³/mol. The Morgan fingerprint density at radius 1 is 0.468 bits per heavy atom. The summed E-state index contributed by atoms with van der Waals surface area (Å²) in [6.07, 6.45) is 9.79. The van der Waals surface area contributed by atoms with Gasteiger partial charge in [0, 0.05) is 32.2 Å². The van der Waals surface area contributed by atoms with Gasteiger partial charge in [-0.2, -0.15) is 38.4 Å². The second kappa shape index (κ2) is 23.3. The summed E-state index contributed by atoms with van der Waals surface area (Å²) in [7, 11) is 3.50. The van der Waals surface area contributed by atoms with Crippen LogP contribution in [0.1, 0.15) is 11.1 Å². The van der Waals surface area contributed by atoms with Gasteiger partial charge in [0.15, 0.2) is 0 Å². The monoisotopic (exact) mass is 938 g/mol. The van der Waals surface area contributed by atoms with Crippen LogP contribution in [0.3, 0.4) is 0 Å². The summed E-state index contributed by atoms with van der Waals surface area (Å²) in [4.78, 5) is 2.56. The Balaban J connectivity index is 0.000000316. The van der Waals surface area contributed by atoms with Crippen LogP contribution >= 0.6 is 0 Å². The lowest BCUT2D eigenvalue weighted by molar-refractivity contribution is -0.001000. The Morgan fingerprint density at radius 3 is 1.06 bits per heavy atom. The van der Waals surface area contributed by atoms with E-state index in [1.165, 1.54) is 55.0 Å². The van der Waals surface area contributed by atoms with Gasteiger partial charge in [0.05, 0.1) is 57.0 Å². The Kier molecular flexibility index (Phi) is 19.8. The molecule has 0 radical (unpaired) electrons. The lowest BCUT2D eigenvalue weighted by atomic mass is 10.2. The summed E-state index contributed by atoms with van der Waals surface area (Å²) >= 11 is 0. The molecule has 0 N–H and O–H groups in total. The quantitative estimate of drug-likeness (QED) is 0.143. The number of benzene rings is 5. The van der Waals surface area contributed by atoms with Crippen molar-refractivity contribution in [2.24, 2.45) is 13.2 Å². The smallest absolute Gasteiger partial charge is 0.282 e. The third-order valence-electron chi connectivity index (χ3n) is 8.58. The van der Waals surface area contributed by atoms with Gasteiger partial charge in [-0.05, 0) is 114 Å². The number of quaternary nitrogens is 2. The summed E-state index contributed by atoms with van der Waals surface area (Å²) in [6.45, 7) is 0.657. The van der Waals surface area contributed by atoms with E-state index in [4.69, 9.17) is 0 Å². The number of likely N-dealkylation sites (N-methyl/N-ethyl adjacent to an activating group) is 1. The van der Waals surface area contributed by atoms with Crippen molar-refractivity contribution in [3.05, 3.63) is 175 Å². The molecule has 1 heterocycles. The molecule has 12 nitrogen and oxygen atoms in total. The van der Waals surface area contributed by atoms with E-state index in [1.54, 1.807) is 54.6 Å². The molecule has 1 aliphatic heterocycles. The maximum absolute atomic E-state index is 12.0. The van der Waals surface area contributed by atoms with Crippen LogP contribution in [0.15, 0.2) is 191 Å². The Labute approximate surface area is 380 Å². The predicted octanol–water partition coefficient (Wildman–Crippen LogP) is 1.22. The molecule has 0 saturated carbocycles. The maximum Gasteiger partial charge on any atom is 0.282 e. The van der Waals surface area contributed by atoms with E-state index < -0.39 is 30.1 Å². The average molecular weight is 940 g/mol. The van der Waals surface area contributed by atoms with Crippen LogP contribution in [0.5, 0.6) is 0 Å². The van der Waals surface area contributed by atoms with E-state index in [2.05, 4.69) is 55.5 Å². The Morgan fingerprint density at radius 2 is 0.774 bits per heavy atom. The zero-order chi connectivity index (χ0) is 44.0. The van der Waals surface area contributed by atoms with Crippen molar-refractivity contribution in [3.8, 4) is 0 Å². The second-order valence-corrected chi connectivity index (χ2v) is 20.2. The number of allylic oxidation sites excluding steroid dienone is 2. The first kappa shape index (κ1) is 52.9. The van der Waals surface area contributed by atoms with Gasteiger partial charge in [0.2, 0.25) is 0 Å². The van der Waals surface area contributed by atoms with Gasteiger partial charge in [0.25, 0.3) is 30.1 Å². The van der Waals surface area contributed by atoms with E-state index in [1.807, 2.05) is 78.8 Å². The van der Waals surface area contributed by atoms with Gasteiger partial charge < -0.3 is 29.7 Å². The first-order chi connectivity index (χ1) is 28.2. The fourth-order valence-corrected chi connectivity index (χ4v) is 7.83. The van der Waals surface area contributed by atoms with E-state index >= 15 is 0 Å². The Bertz CT molecular complexity index is 2530. The van der Waals surface area contributed by atoms with Crippen molar-refractivity contribution in [1.82, 2.24) is 13.9 Å². The zero-order valence-corrected chi connectivity index (χ0v) is 39.5. The van der Waals surface area contributed by atoms with Crippen molar-refractivity contribution in [2.75, 3.05) is 55.9 Å². The normalized spacial score (nSPS) is 13.3. The minimum Gasteiger partial charge on any atom is -1.00 e. The number of halogens is 2. The molecule has 330 valence electrons. The number of nitrogens with zero attached hydrogens (tertiary/aromatic N) is 6. The molecule has 0 fully saturated rings. The molecule has 0 saturated heterocycles.